The molecule has 1 aromatic heterocycles. The van der Waals surface area contributed by atoms with Crippen molar-refractivity contribution in [1.29, 1.82) is 0 Å². The number of Topliss-reactive ketones (excluding diaryl/α,β-unsaturated/α-hetero) is 1. The molecule has 168 valence electrons. The second kappa shape index (κ2) is 6.41. The van der Waals surface area contributed by atoms with Crippen LogP contribution >= 0.6 is 0 Å². The molecule has 0 unspecified atom stereocenters. The third kappa shape index (κ3) is 2.74. The van der Waals surface area contributed by atoms with E-state index in [4.69, 9.17) is 10.8 Å². The smallest absolute Gasteiger partial charge is 0.457 e. The highest BCUT2D eigenvalue weighted by molar-refractivity contribution is 5.98. The molecule has 1 aromatic rings. The summed E-state index contributed by atoms with van der Waals surface area (Å²) in [6.07, 6.45) is 7.52. The third-order valence-electron chi connectivity index (χ3n) is 9.84. The largest absolute Gasteiger partial charge is 0.458 e. The predicted molar refractivity (Wildman–Crippen MR) is 108 cm³/mol. The second-order valence-electron chi connectivity index (χ2n) is 10.9. The van der Waals surface area contributed by atoms with Crippen molar-refractivity contribution >= 4 is 5.78 Å². The number of hydrogen-bond acceptors (Lipinski definition) is 3. The van der Waals surface area contributed by atoms with Crippen LogP contribution in [0.5, 0.6) is 0 Å². The molecule has 3 fully saturated rings. The number of ketones is 1. The Labute approximate surface area is 180 Å². The third-order valence-corrected chi connectivity index (χ3v) is 9.84. The lowest BCUT2D eigenvalue weighted by atomic mass is 9.44. The molecular weight excluding hydrogens is 405 g/mol. The molecule has 4 aliphatic rings. The molecule has 31 heavy (non-hydrogen) atoms. The predicted octanol–water partition coefficient (Wildman–Crippen LogP) is 5.35. The van der Waals surface area contributed by atoms with Gasteiger partial charge >= 0.3 is 12.0 Å². The van der Waals surface area contributed by atoms with Gasteiger partial charge in [0, 0.05) is 11.8 Å². The first-order valence-electron chi connectivity index (χ1n) is 11.4. The molecule has 0 amide bonds. The van der Waals surface area contributed by atoms with Gasteiger partial charge in [-0.1, -0.05) is 19.8 Å². The summed E-state index contributed by atoms with van der Waals surface area (Å²) < 4.78 is 44.1. The molecule has 0 saturated heterocycles. The Morgan fingerprint density at radius 1 is 1.19 bits per heavy atom. The molecule has 0 bridgehead atoms. The summed E-state index contributed by atoms with van der Waals surface area (Å²) in [7, 11) is 0. The van der Waals surface area contributed by atoms with Crippen LogP contribution in [0.2, 0.25) is 0 Å². The van der Waals surface area contributed by atoms with Gasteiger partial charge in [-0.2, -0.15) is 13.2 Å². The number of carbonyl (C=O) groups is 1. The highest BCUT2D eigenvalue weighted by atomic mass is 19.4. The minimum absolute atomic E-state index is 0.0451. The maximum Gasteiger partial charge on any atom is 0.458 e. The quantitative estimate of drug-likeness (QED) is 0.479. The van der Waals surface area contributed by atoms with Crippen molar-refractivity contribution in [2.45, 2.75) is 77.0 Å². The van der Waals surface area contributed by atoms with Crippen molar-refractivity contribution in [3.05, 3.63) is 23.2 Å². The zero-order chi connectivity index (χ0) is 22.4. The van der Waals surface area contributed by atoms with Gasteiger partial charge in [0.25, 0.3) is 0 Å². The van der Waals surface area contributed by atoms with Gasteiger partial charge in [-0.3, -0.25) is 4.79 Å². The molecule has 6 heteroatoms. The van der Waals surface area contributed by atoms with Gasteiger partial charge in [0.15, 0.2) is 5.76 Å². The molecule has 0 spiro atoms. The van der Waals surface area contributed by atoms with Crippen molar-refractivity contribution in [2.24, 2.45) is 34.5 Å². The van der Waals surface area contributed by atoms with Crippen LogP contribution in [0.15, 0.2) is 10.5 Å². The van der Waals surface area contributed by atoms with Gasteiger partial charge in [-0.05, 0) is 85.7 Å². The highest BCUT2D eigenvalue weighted by Gasteiger charge is 2.64. The van der Waals surface area contributed by atoms with Gasteiger partial charge in [0.05, 0.1) is 0 Å². The average Bonchev–Trinajstić information content (AvgIpc) is 3.22. The Kier molecular flexibility index (Phi) is 4.36. The number of carbonyl (C=O) groups excluding carboxylic acids is 1. The summed E-state index contributed by atoms with van der Waals surface area (Å²) in [5.41, 5.74) is -0.603. The number of aliphatic hydroxyl groups is 1. The molecule has 3 nitrogen and oxygen atoms in total. The van der Waals surface area contributed by atoms with Crippen LogP contribution in [-0.4, -0.2) is 22.7 Å². The van der Waals surface area contributed by atoms with E-state index in [9.17, 15) is 23.1 Å². The average molecular weight is 434 g/mol. The maximum atomic E-state index is 12.9. The van der Waals surface area contributed by atoms with Crippen LogP contribution in [0.4, 0.5) is 13.2 Å². The van der Waals surface area contributed by atoms with E-state index in [1.807, 2.05) is 0 Å². The highest BCUT2D eigenvalue weighted by Crippen LogP contribution is 2.67. The van der Waals surface area contributed by atoms with Crippen LogP contribution in [0.3, 0.4) is 0 Å². The molecule has 3 saturated carbocycles. The lowest BCUT2D eigenvalue weighted by Gasteiger charge is -2.60. The number of rotatable bonds is 1. The van der Waals surface area contributed by atoms with Crippen LogP contribution in [-0.2, 0) is 12.8 Å². The van der Waals surface area contributed by atoms with E-state index in [1.165, 1.54) is 6.07 Å². The molecule has 0 radical (unpaired) electrons. The summed E-state index contributed by atoms with van der Waals surface area (Å²) >= 11 is 0. The van der Waals surface area contributed by atoms with Crippen LogP contribution in [0.1, 0.15) is 74.3 Å². The van der Waals surface area contributed by atoms with Gasteiger partial charge < -0.3 is 9.52 Å². The Bertz CT molecular complexity index is 972. The van der Waals surface area contributed by atoms with Gasteiger partial charge in [0.1, 0.15) is 11.4 Å². The molecule has 4 aliphatic carbocycles. The number of hydrogen-bond donors (Lipinski definition) is 1. The molecule has 1 heterocycles. The molecule has 0 aromatic carbocycles. The van der Waals surface area contributed by atoms with Gasteiger partial charge in [-0.25, -0.2) is 0 Å². The first-order valence-corrected chi connectivity index (χ1v) is 11.4. The Morgan fingerprint density at radius 3 is 2.58 bits per heavy atom. The fourth-order valence-electron chi connectivity index (χ4n) is 8.07. The van der Waals surface area contributed by atoms with E-state index in [0.717, 1.165) is 37.7 Å². The summed E-state index contributed by atoms with van der Waals surface area (Å²) in [6.45, 7) is 4.43. The fourth-order valence-corrected chi connectivity index (χ4v) is 8.07. The fraction of sp³-hybridized carbons (Fsp3) is 0.720. The Morgan fingerprint density at radius 2 is 1.90 bits per heavy atom. The summed E-state index contributed by atoms with van der Waals surface area (Å²) in [5, 5.41) is 11.1. The zero-order valence-corrected chi connectivity index (χ0v) is 18.0. The van der Waals surface area contributed by atoms with E-state index in [2.05, 4.69) is 19.8 Å². The number of terminal acetylenes is 1. The monoisotopic (exact) mass is 434 g/mol. The summed E-state index contributed by atoms with van der Waals surface area (Å²) in [5.74, 6) is 2.38. The Hall–Kier alpha value is -1.74. The summed E-state index contributed by atoms with van der Waals surface area (Å²) in [4.78, 5) is 11.7. The summed E-state index contributed by atoms with van der Waals surface area (Å²) in [6, 6.07) is 1.33. The molecule has 5 rings (SSSR count). The minimum atomic E-state index is -4.92. The Balaban J connectivity index is 1.45. The van der Waals surface area contributed by atoms with Crippen molar-refractivity contribution < 1.29 is 27.5 Å². The van der Waals surface area contributed by atoms with Crippen molar-refractivity contribution in [1.82, 2.24) is 0 Å². The van der Waals surface area contributed by atoms with E-state index >= 15 is 0 Å². The topological polar surface area (TPSA) is 50.4 Å². The standard InChI is InChI=1S/C25H29F3O3/c1-4-24(30)10-8-18-16-6-5-15-12-19-14(11-20(31-19)21(29)25(26,27)28)13-22(15,2)17(16)7-9-23(18,24)3/h1,11,15-18,30H,5-10,12-13H2,2-3H3/t15-,16+,17-,18-,22-,23-,24-/m0/s1. The first-order chi connectivity index (χ1) is 14.4. The maximum absolute atomic E-state index is 12.9. The van der Waals surface area contributed by atoms with Crippen molar-refractivity contribution in [2.75, 3.05) is 0 Å². The van der Waals surface area contributed by atoms with Gasteiger partial charge in [0.2, 0.25) is 0 Å². The molecule has 0 aliphatic heterocycles. The lowest BCUT2D eigenvalue weighted by Crippen LogP contribution is -2.56. The van der Waals surface area contributed by atoms with Crippen LogP contribution < -0.4 is 0 Å². The SMILES string of the molecule is C#C[C@]1(O)CC[C@H]2[C@@H]3CC[C@H]4Cc5oc(C(=O)C(F)(F)F)cc5C[C@]4(C)[C@H]3CC[C@@]21C. The van der Waals surface area contributed by atoms with E-state index < -0.39 is 23.3 Å². The lowest BCUT2D eigenvalue weighted by molar-refractivity contribution is -0.128. The van der Waals surface area contributed by atoms with Crippen molar-refractivity contribution in [3.8, 4) is 12.3 Å². The van der Waals surface area contributed by atoms with E-state index in [0.29, 0.717) is 48.7 Å². The first kappa shape index (κ1) is 21.1. The number of halogens is 3. The second-order valence-corrected chi connectivity index (χ2v) is 10.9. The van der Waals surface area contributed by atoms with E-state index in [-0.39, 0.29) is 10.8 Å². The number of furan rings is 1. The minimum Gasteiger partial charge on any atom is -0.457 e. The number of alkyl halides is 3. The van der Waals surface area contributed by atoms with Crippen LogP contribution in [0, 0.1) is 46.8 Å². The number of fused-ring (bicyclic) bond motifs is 6. The van der Waals surface area contributed by atoms with Crippen LogP contribution in [0.25, 0.3) is 0 Å². The normalized spacial score (nSPS) is 43.9. The molecular formula is C25H29F3O3. The molecule has 7 atom stereocenters. The zero-order valence-electron chi connectivity index (χ0n) is 18.0. The molecule has 1 N–H and O–H groups in total. The van der Waals surface area contributed by atoms with E-state index in [1.54, 1.807) is 0 Å². The van der Waals surface area contributed by atoms with Gasteiger partial charge in [-0.15, -0.1) is 6.42 Å². The van der Waals surface area contributed by atoms with Crippen molar-refractivity contribution in [3.63, 3.8) is 0 Å².